The molecule has 3 rings (SSSR count). The summed E-state index contributed by atoms with van der Waals surface area (Å²) in [4.78, 5) is 42.8. The number of piperidine rings is 1. The molecule has 3 N–H and O–H groups in total. The Kier molecular flexibility index (Phi) is 5.55. The molecule has 152 valence electrons. The van der Waals surface area contributed by atoms with Crippen molar-refractivity contribution in [3.63, 3.8) is 0 Å². The van der Waals surface area contributed by atoms with Gasteiger partial charge in [0.15, 0.2) is 0 Å². The van der Waals surface area contributed by atoms with Crippen LogP contribution in [0.4, 0.5) is 5.82 Å². The van der Waals surface area contributed by atoms with Crippen LogP contribution in [0.1, 0.15) is 50.9 Å². The highest BCUT2D eigenvalue weighted by Crippen LogP contribution is 2.27. The maximum Gasteiger partial charge on any atom is 0.325 e. The van der Waals surface area contributed by atoms with Gasteiger partial charge in [-0.3, -0.25) is 19.5 Å². The van der Waals surface area contributed by atoms with Gasteiger partial charge >= 0.3 is 5.69 Å². The molecule has 0 bridgehead atoms. The zero-order valence-electron chi connectivity index (χ0n) is 16.8. The molecule has 2 aromatic heterocycles. The van der Waals surface area contributed by atoms with Crippen LogP contribution in [0.3, 0.4) is 0 Å². The molecule has 2 aromatic rings. The lowest BCUT2D eigenvalue weighted by Gasteiger charge is -2.33. The SMILES string of the molecule is Cc1[nH]c(=O)[nH]c(=O)c1CN1CCC(n2nccc2NC(=O)C(C)(C)C)CC1. The normalized spacial score (nSPS) is 16.3. The van der Waals surface area contributed by atoms with Gasteiger partial charge in [0.25, 0.3) is 5.56 Å². The summed E-state index contributed by atoms with van der Waals surface area (Å²) in [7, 11) is 0. The van der Waals surface area contributed by atoms with Crippen molar-refractivity contribution < 1.29 is 4.79 Å². The third kappa shape index (κ3) is 4.41. The highest BCUT2D eigenvalue weighted by Gasteiger charge is 2.26. The summed E-state index contributed by atoms with van der Waals surface area (Å²) >= 11 is 0. The van der Waals surface area contributed by atoms with Crippen LogP contribution < -0.4 is 16.6 Å². The third-order valence-electron chi connectivity index (χ3n) is 5.13. The van der Waals surface area contributed by atoms with Crippen molar-refractivity contribution in [2.45, 2.75) is 53.1 Å². The molecular weight excluding hydrogens is 360 g/mol. The Balaban J connectivity index is 1.64. The Hall–Kier alpha value is -2.68. The zero-order valence-corrected chi connectivity index (χ0v) is 16.8. The highest BCUT2D eigenvalue weighted by atomic mass is 16.2. The van der Waals surface area contributed by atoms with Crippen molar-refractivity contribution in [1.29, 1.82) is 0 Å². The number of nitrogens with one attached hydrogen (secondary N) is 3. The second-order valence-corrected chi connectivity index (χ2v) is 8.38. The van der Waals surface area contributed by atoms with Gasteiger partial charge in [0.1, 0.15) is 5.82 Å². The molecule has 1 fully saturated rings. The maximum absolute atomic E-state index is 12.3. The van der Waals surface area contributed by atoms with Gasteiger partial charge in [0.05, 0.1) is 17.8 Å². The lowest BCUT2D eigenvalue weighted by molar-refractivity contribution is -0.123. The minimum Gasteiger partial charge on any atom is -0.311 e. The molecule has 0 saturated carbocycles. The van der Waals surface area contributed by atoms with Crippen molar-refractivity contribution in [3.8, 4) is 0 Å². The van der Waals surface area contributed by atoms with E-state index in [0.717, 1.165) is 25.9 Å². The fraction of sp³-hybridized carbons (Fsp3) is 0.579. The molecule has 0 radical (unpaired) electrons. The van der Waals surface area contributed by atoms with Gasteiger partial charge in [0, 0.05) is 36.8 Å². The van der Waals surface area contributed by atoms with Crippen LogP contribution in [-0.2, 0) is 11.3 Å². The summed E-state index contributed by atoms with van der Waals surface area (Å²) in [5.74, 6) is 0.672. The van der Waals surface area contributed by atoms with E-state index in [2.05, 4.69) is 25.3 Å². The number of rotatable bonds is 4. The smallest absolute Gasteiger partial charge is 0.311 e. The number of likely N-dealkylation sites (tertiary alicyclic amines) is 1. The second kappa shape index (κ2) is 7.75. The van der Waals surface area contributed by atoms with Gasteiger partial charge in [0.2, 0.25) is 5.91 Å². The topological polar surface area (TPSA) is 116 Å². The second-order valence-electron chi connectivity index (χ2n) is 8.38. The van der Waals surface area contributed by atoms with Gasteiger partial charge in [-0.05, 0) is 19.8 Å². The number of carbonyl (C=O) groups is 1. The number of hydrogen-bond acceptors (Lipinski definition) is 5. The first-order chi connectivity index (χ1) is 13.1. The average molecular weight is 388 g/mol. The molecule has 1 aliphatic rings. The number of nitrogens with zero attached hydrogens (tertiary/aromatic N) is 3. The lowest BCUT2D eigenvalue weighted by atomic mass is 9.96. The van der Waals surface area contributed by atoms with E-state index in [4.69, 9.17) is 0 Å². The first-order valence-electron chi connectivity index (χ1n) is 9.54. The van der Waals surface area contributed by atoms with Gasteiger partial charge in [-0.15, -0.1) is 0 Å². The number of carbonyl (C=O) groups excluding carboxylic acids is 1. The van der Waals surface area contributed by atoms with Crippen molar-refractivity contribution in [2.75, 3.05) is 18.4 Å². The van der Waals surface area contributed by atoms with Crippen LogP contribution in [0.25, 0.3) is 0 Å². The van der Waals surface area contributed by atoms with Crippen LogP contribution in [0, 0.1) is 12.3 Å². The monoisotopic (exact) mass is 388 g/mol. The van der Waals surface area contributed by atoms with Crippen molar-refractivity contribution in [1.82, 2.24) is 24.6 Å². The van der Waals surface area contributed by atoms with E-state index in [1.54, 1.807) is 13.1 Å². The molecule has 0 aromatic carbocycles. The van der Waals surface area contributed by atoms with Gasteiger partial charge < -0.3 is 10.3 Å². The number of amides is 1. The lowest BCUT2D eigenvalue weighted by Crippen LogP contribution is -2.38. The van der Waals surface area contributed by atoms with Crippen molar-refractivity contribution in [3.05, 3.63) is 44.4 Å². The predicted octanol–water partition coefficient (Wildman–Crippen LogP) is 1.39. The fourth-order valence-corrected chi connectivity index (χ4v) is 3.37. The molecule has 0 aliphatic carbocycles. The van der Waals surface area contributed by atoms with Gasteiger partial charge in [-0.25, -0.2) is 9.48 Å². The summed E-state index contributed by atoms with van der Waals surface area (Å²) in [5, 5.41) is 7.38. The number of aromatic amines is 2. The fourth-order valence-electron chi connectivity index (χ4n) is 3.37. The number of hydrogen-bond donors (Lipinski definition) is 3. The van der Waals surface area contributed by atoms with Crippen LogP contribution in [0.2, 0.25) is 0 Å². The number of aryl methyl sites for hydroxylation is 1. The van der Waals surface area contributed by atoms with E-state index in [-0.39, 0.29) is 17.5 Å². The standard InChI is InChI=1S/C19H28N6O3/c1-12-14(16(26)23-18(28)21-12)11-24-9-6-13(7-10-24)25-15(5-8-20-25)22-17(27)19(2,3)4/h5,8,13H,6-7,9-11H2,1-4H3,(H,22,27)(H2,21,23,26,28). The van der Waals surface area contributed by atoms with Gasteiger partial charge in [-0.2, -0.15) is 5.10 Å². The molecule has 0 atom stereocenters. The molecule has 1 aliphatic heterocycles. The Morgan fingerprint density at radius 3 is 2.54 bits per heavy atom. The van der Waals surface area contributed by atoms with Crippen molar-refractivity contribution in [2.24, 2.45) is 5.41 Å². The summed E-state index contributed by atoms with van der Waals surface area (Å²) < 4.78 is 1.89. The third-order valence-corrected chi connectivity index (χ3v) is 5.13. The molecular formula is C19H28N6O3. The molecule has 0 unspecified atom stereocenters. The number of anilines is 1. The van der Waals surface area contributed by atoms with Crippen LogP contribution >= 0.6 is 0 Å². The molecule has 28 heavy (non-hydrogen) atoms. The quantitative estimate of drug-likeness (QED) is 0.732. The Morgan fingerprint density at radius 1 is 1.25 bits per heavy atom. The molecule has 9 nitrogen and oxygen atoms in total. The van der Waals surface area contributed by atoms with E-state index >= 15 is 0 Å². The number of H-pyrrole nitrogens is 2. The van der Waals surface area contributed by atoms with E-state index in [1.165, 1.54) is 0 Å². The largest absolute Gasteiger partial charge is 0.325 e. The van der Waals surface area contributed by atoms with E-state index < -0.39 is 11.1 Å². The Morgan fingerprint density at radius 2 is 1.93 bits per heavy atom. The first-order valence-corrected chi connectivity index (χ1v) is 9.54. The molecule has 0 spiro atoms. The molecule has 9 heteroatoms. The van der Waals surface area contributed by atoms with Gasteiger partial charge in [-0.1, -0.05) is 20.8 Å². The number of aromatic nitrogens is 4. The van der Waals surface area contributed by atoms with E-state index in [0.29, 0.717) is 23.6 Å². The van der Waals surface area contributed by atoms with Crippen LogP contribution in [0.15, 0.2) is 21.9 Å². The Bertz CT molecular complexity index is 957. The summed E-state index contributed by atoms with van der Waals surface area (Å²) in [6.45, 7) is 9.47. The van der Waals surface area contributed by atoms with E-state index in [9.17, 15) is 14.4 Å². The summed E-state index contributed by atoms with van der Waals surface area (Å²) in [5.41, 5.74) is -0.0819. The predicted molar refractivity (Wildman–Crippen MR) is 106 cm³/mol. The van der Waals surface area contributed by atoms with Crippen LogP contribution in [-0.4, -0.2) is 43.6 Å². The molecule has 3 heterocycles. The average Bonchev–Trinajstić information content (AvgIpc) is 3.06. The summed E-state index contributed by atoms with van der Waals surface area (Å²) in [6.07, 6.45) is 3.43. The molecule has 1 amide bonds. The Labute approximate surface area is 163 Å². The van der Waals surface area contributed by atoms with Crippen molar-refractivity contribution >= 4 is 11.7 Å². The zero-order chi connectivity index (χ0) is 20.5. The first kappa shape index (κ1) is 20.1. The minimum atomic E-state index is -0.478. The molecule has 1 saturated heterocycles. The minimum absolute atomic E-state index is 0.0422. The van der Waals surface area contributed by atoms with Crippen LogP contribution in [0.5, 0.6) is 0 Å². The van der Waals surface area contributed by atoms with E-state index in [1.807, 2.05) is 31.5 Å². The summed E-state index contributed by atoms with van der Waals surface area (Å²) in [6, 6.07) is 2.01. The highest BCUT2D eigenvalue weighted by molar-refractivity contribution is 5.93. The maximum atomic E-state index is 12.3.